The summed E-state index contributed by atoms with van der Waals surface area (Å²) >= 11 is 6.46. The van der Waals surface area contributed by atoms with E-state index in [0.29, 0.717) is 54.1 Å². The smallest absolute Gasteiger partial charge is 0.475 e. The number of hydrogen-bond donors (Lipinski definition) is 2. The molecule has 3 aromatic rings. The molecule has 1 aromatic heterocycles. The molecule has 0 radical (unpaired) electrons. The number of carboxylic acid groups (broad SMARTS) is 1. The quantitative estimate of drug-likeness (QED) is 0.439. The van der Waals surface area contributed by atoms with Gasteiger partial charge in [-0.05, 0) is 48.2 Å². The van der Waals surface area contributed by atoms with Crippen molar-refractivity contribution in [3.8, 4) is 22.4 Å². The highest BCUT2D eigenvalue weighted by molar-refractivity contribution is 7.89. The highest BCUT2D eigenvalue weighted by atomic mass is 35.5. The third kappa shape index (κ3) is 6.13. The highest BCUT2D eigenvalue weighted by Gasteiger charge is 2.38. The van der Waals surface area contributed by atoms with Gasteiger partial charge in [-0.3, -0.25) is 0 Å². The molecule has 0 spiro atoms. The normalized spacial score (nSPS) is 15.5. The SMILES string of the molecule is Nc1nc2c(c(-c3cccc(F)c3)n1)-c1cc(S(=O)(=O)N3CCOCC3)c(Cl)cc1CC2.O=C(O)C(F)(F)F. The number of benzene rings is 2. The Balaban J connectivity index is 0.000000448. The van der Waals surface area contributed by atoms with Gasteiger partial charge in [-0.15, -0.1) is 0 Å². The van der Waals surface area contributed by atoms with Crippen molar-refractivity contribution in [2.24, 2.45) is 0 Å². The maximum absolute atomic E-state index is 14.0. The third-order valence-electron chi connectivity index (χ3n) is 5.99. The lowest BCUT2D eigenvalue weighted by Crippen LogP contribution is -2.40. The zero-order valence-corrected chi connectivity index (χ0v) is 21.6. The van der Waals surface area contributed by atoms with E-state index in [1.807, 2.05) is 0 Å². The third-order valence-corrected chi connectivity index (χ3v) is 8.35. The molecule has 208 valence electrons. The first-order chi connectivity index (χ1) is 18.3. The summed E-state index contributed by atoms with van der Waals surface area (Å²) in [5.74, 6) is -3.08. The Labute approximate surface area is 225 Å². The van der Waals surface area contributed by atoms with Crippen LogP contribution in [-0.4, -0.2) is 66.2 Å². The largest absolute Gasteiger partial charge is 0.490 e. The van der Waals surface area contributed by atoms with E-state index < -0.39 is 28.0 Å². The number of ether oxygens (including phenoxy) is 1. The number of aromatic nitrogens is 2. The lowest BCUT2D eigenvalue weighted by Gasteiger charge is -2.28. The number of nitrogens with zero attached hydrogens (tertiary/aromatic N) is 3. The Kier molecular flexibility index (Phi) is 8.12. The summed E-state index contributed by atoms with van der Waals surface area (Å²) in [6.45, 7) is 1.20. The molecule has 0 amide bonds. The topological polar surface area (TPSA) is 136 Å². The van der Waals surface area contributed by atoms with Gasteiger partial charge in [-0.1, -0.05) is 23.7 Å². The average molecular weight is 589 g/mol. The van der Waals surface area contributed by atoms with Crippen molar-refractivity contribution in [2.75, 3.05) is 32.0 Å². The molecular weight excluding hydrogens is 568 g/mol. The van der Waals surface area contributed by atoms with E-state index in [2.05, 4.69) is 9.97 Å². The molecule has 0 atom stereocenters. The Morgan fingerprint density at radius 3 is 2.38 bits per heavy atom. The van der Waals surface area contributed by atoms with Crippen molar-refractivity contribution >= 4 is 33.5 Å². The molecular formula is C24H21ClF4N4O5S. The number of sulfonamides is 1. The van der Waals surface area contributed by atoms with Crippen LogP contribution in [0.5, 0.6) is 0 Å². The summed E-state index contributed by atoms with van der Waals surface area (Å²) in [5.41, 5.74) is 9.85. The Bertz CT molecular complexity index is 1530. The fourth-order valence-electron chi connectivity index (χ4n) is 4.25. The van der Waals surface area contributed by atoms with Crippen molar-refractivity contribution in [3.05, 3.63) is 58.5 Å². The van der Waals surface area contributed by atoms with Gasteiger partial charge in [0, 0.05) is 24.2 Å². The van der Waals surface area contributed by atoms with E-state index in [9.17, 15) is 26.0 Å². The predicted molar refractivity (Wildman–Crippen MR) is 133 cm³/mol. The van der Waals surface area contributed by atoms with Gasteiger partial charge >= 0.3 is 12.1 Å². The average Bonchev–Trinajstić information content (AvgIpc) is 2.88. The molecule has 5 rings (SSSR count). The van der Waals surface area contributed by atoms with Gasteiger partial charge < -0.3 is 15.6 Å². The molecule has 1 aliphatic heterocycles. The van der Waals surface area contributed by atoms with Gasteiger partial charge in [0.15, 0.2) is 0 Å². The number of halogens is 5. The Hall–Kier alpha value is -3.33. The summed E-state index contributed by atoms with van der Waals surface area (Å²) in [4.78, 5) is 17.7. The zero-order valence-electron chi connectivity index (χ0n) is 20.0. The van der Waals surface area contributed by atoms with Gasteiger partial charge in [0.2, 0.25) is 16.0 Å². The van der Waals surface area contributed by atoms with E-state index in [4.69, 9.17) is 32.0 Å². The second-order valence-corrected chi connectivity index (χ2v) is 10.8. The summed E-state index contributed by atoms with van der Waals surface area (Å²) in [7, 11) is -3.83. The molecule has 1 aliphatic carbocycles. The lowest BCUT2D eigenvalue weighted by atomic mass is 9.86. The lowest BCUT2D eigenvalue weighted by molar-refractivity contribution is -0.192. The van der Waals surface area contributed by atoms with Gasteiger partial charge in [-0.2, -0.15) is 17.5 Å². The molecule has 15 heteroatoms. The Morgan fingerprint density at radius 1 is 1.10 bits per heavy atom. The number of anilines is 1. The van der Waals surface area contributed by atoms with Crippen molar-refractivity contribution in [2.45, 2.75) is 23.9 Å². The number of alkyl halides is 3. The van der Waals surface area contributed by atoms with Crippen LogP contribution in [0.4, 0.5) is 23.5 Å². The van der Waals surface area contributed by atoms with E-state index in [1.54, 1.807) is 24.3 Å². The molecule has 2 heterocycles. The molecule has 2 aromatic carbocycles. The first-order valence-corrected chi connectivity index (χ1v) is 13.2. The van der Waals surface area contributed by atoms with Crippen LogP contribution in [0.15, 0.2) is 41.3 Å². The second kappa shape index (κ2) is 11.0. The monoisotopic (exact) mass is 588 g/mol. The van der Waals surface area contributed by atoms with Gasteiger partial charge in [0.1, 0.15) is 10.7 Å². The molecule has 9 nitrogen and oxygen atoms in total. The number of fused-ring (bicyclic) bond motifs is 3. The summed E-state index contributed by atoms with van der Waals surface area (Å²) in [6.07, 6.45) is -3.87. The van der Waals surface area contributed by atoms with Crippen LogP contribution in [0, 0.1) is 5.82 Å². The van der Waals surface area contributed by atoms with Crippen LogP contribution in [0.3, 0.4) is 0 Å². The highest BCUT2D eigenvalue weighted by Crippen LogP contribution is 2.42. The van der Waals surface area contributed by atoms with Crippen LogP contribution in [-0.2, 0) is 32.4 Å². The van der Waals surface area contributed by atoms with E-state index in [0.717, 1.165) is 5.56 Å². The molecule has 0 bridgehead atoms. The number of aryl methyl sites for hydroxylation is 2. The molecule has 1 saturated heterocycles. The molecule has 1 fully saturated rings. The van der Waals surface area contributed by atoms with Crippen molar-refractivity contribution in [3.63, 3.8) is 0 Å². The number of carbonyl (C=O) groups is 1. The number of rotatable bonds is 3. The van der Waals surface area contributed by atoms with E-state index >= 15 is 0 Å². The first kappa shape index (κ1) is 28.7. The summed E-state index contributed by atoms with van der Waals surface area (Å²) < 4.78 is 79.1. The van der Waals surface area contributed by atoms with E-state index in [1.165, 1.54) is 16.4 Å². The van der Waals surface area contributed by atoms with Crippen LogP contribution >= 0.6 is 11.6 Å². The fourth-order valence-corrected chi connectivity index (χ4v) is 6.20. The summed E-state index contributed by atoms with van der Waals surface area (Å²) in [5, 5.41) is 7.29. The first-order valence-electron chi connectivity index (χ1n) is 11.4. The maximum Gasteiger partial charge on any atom is 0.490 e. The molecule has 39 heavy (non-hydrogen) atoms. The minimum absolute atomic E-state index is 0.0229. The minimum Gasteiger partial charge on any atom is -0.475 e. The van der Waals surface area contributed by atoms with Crippen LogP contribution in [0.1, 0.15) is 11.3 Å². The van der Waals surface area contributed by atoms with Gasteiger partial charge in [0.05, 0.1) is 29.6 Å². The van der Waals surface area contributed by atoms with Gasteiger partial charge in [-0.25, -0.2) is 27.6 Å². The van der Waals surface area contributed by atoms with Crippen molar-refractivity contribution in [1.82, 2.24) is 14.3 Å². The molecule has 0 saturated carbocycles. The Morgan fingerprint density at radius 2 is 1.77 bits per heavy atom. The van der Waals surface area contributed by atoms with Gasteiger partial charge in [0.25, 0.3) is 0 Å². The molecule has 0 unspecified atom stereocenters. The number of aliphatic carboxylic acids is 1. The van der Waals surface area contributed by atoms with Crippen LogP contribution in [0.25, 0.3) is 22.4 Å². The number of nitrogens with two attached hydrogens (primary N) is 1. The number of morpholine rings is 1. The van der Waals surface area contributed by atoms with Crippen molar-refractivity contribution in [1.29, 1.82) is 0 Å². The standard InChI is InChI=1S/C22H20ClFN4O3S.C2HF3O2/c23-17-11-13-4-5-18-20(21(27-22(25)26-18)14-2-1-3-15(24)10-14)16(13)12-19(17)32(29,30)28-6-8-31-9-7-28;3-2(4,5)1(6)7/h1-3,10-12H,4-9H2,(H2,25,26,27);(H,6,7). The zero-order chi connectivity index (χ0) is 28.5. The fraction of sp³-hybridized carbons (Fsp3) is 0.292. The second-order valence-electron chi connectivity index (χ2n) is 8.52. The number of hydrogen-bond acceptors (Lipinski definition) is 7. The molecule has 2 aliphatic rings. The minimum atomic E-state index is -5.08. The molecule has 3 N–H and O–H groups in total. The maximum atomic E-state index is 14.0. The van der Waals surface area contributed by atoms with Crippen molar-refractivity contribution < 1.29 is 40.6 Å². The predicted octanol–water partition coefficient (Wildman–Crippen LogP) is 3.94. The van der Waals surface area contributed by atoms with Crippen LogP contribution < -0.4 is 5.73 Å². The number of carboxylic acids is 1. The van der Waals surface area contributed by atoms with E-state index in [-0.39, 0.29) is 29.0 Å². The summed E-state index contributed by atoms with van der Waals surface area (Å²) in [6, 6.07) is 9.33. The number of nitrogen functional groups attached to an aromatic ring is 1. The van der Waals surface area contributed by atoms with Crippen LogP contribution in [0.2, 0.25) is 5.02 Å².